The lowest BCUT2D eigenvalue weighted by Gasteiger charge is -2.10. The van der Waals surface area contributed by atoms with Crippen molar-refractivity contribution in [1.82, 2.24) is 0 Å². The largest absolute Gasteiger partial charge is 0.379 e. The van der Waals surface area contributed by atoms with E-state index in [-0.39, 0.29) is 5.82 Å². The smallest absolute Gasteiger partial charge is 0.146 e. The highest BCUT2D eigenvalue weighted by molar-refractivity contribution is 6.42. The third-order valence-electron chi connectivity index (χ3n) is 2.63. The lowest BCUT2D eigenvalue weighted by atomic mass is 10.2. The quantitative estimate of drug-likeness (QED) is 0.831. The average molecular weight is 284 g/mol. The molecule has 0 saturated carbocycles. The van der Waals surface area contributed by atoms with Crippen molar-refractivity contribution >= 4 is 28.9 Å². The zero-order valence-electron chi connectivity index (χ0n) is 9.81. The molecule has 0 radical (unpaired) electrons. The van der Waals surface area contributed by atoms with E-state index in [0.29, 0.717) is 22.3 Å². The van der Waals surface area contributed by atoms with Crippen LogP contribution in [0.15, 0.2) is 36.4 Å². The van der Waals surface area contributed by atoms with Crippen LogP contribution in [0.4, 0.5) is 10.1 Å². The molecule has 0 bridgehead atoms. The standard InChI is InChI=1S/C14H12Cl2FN/c1-9-5-6-13(12(17)7-9)18-8-10-3-2-4-11(15)14(10)16/h2-7,18H,8H2,1H3. The Kier molecular flexibility index (Phi) is 4.10. The first-order chi connectivity index (χ1) is 8.58. The maximum Gasteiger partial charge on any atom is 0.146 e. The molecule has 1 nitrogen and oxygen atoms in total. The Morgan fingerprint density at radius 1 is 1.17 bits per heavy atom. The van der Waals surface area contributed by atoms with Gasteiger partial charge < -0.3 is 5.32 Å². The van der Waals surface area contributed by atoms with Gasteiger partial charge in [0.05, 0.1) is 15.7 Å². The van der Waals surface area contributed by atoms with E-state index in [4.69, 9.17) is 23.2 Å². The molecule has 2 rings (SSSR count). The number of rotatable bonds is 3. The van der Waals surface area contributed by atoms with Crippen molar-refractivity contribution in [2.24, 2.45) is 0 Å². The van der Waals surface area contributed by atoms with Crippen molar-refractivity contribution in [2.45, 2.75) is 13.5 Å². The molecule has 0 spiro atoms. The molecule has 0 aliphatic carbocycles. The summed E-state index contributed by atoms with van der Waals surface area (Å²) in [5, 5.41) is 4.01. The maximum atomic E-state index is 13.6. The van der Waals surface area contributed by atoms with Crippen molar-refractivity contribution in [1.29, 1.82) is 0 Å². The minimum atomic E-state index is -0.270. The Balaban J connectivity index is 2.14. The van der Waals surface area contributed by atoms with E-state index >= 15 is 0 Å². The maximum absolute atomic E-state index is 13.6. The van der Waals surface area contributed by atoms with Gasteiger partial charge in [-0.15, -0.1) is 0 Å². The highest BCUT2D eigenvalue weighted by Gasteiger charge is 2.06. The molecule has 0 atom stereocenters. The molecule has 2 aromatic carbocycles. The molecule has 2 aromatic rings. The molecule has 0 aliphatic heterocycles. The van der Waals surface area contributed by atoms with Crippen LogP contribution in [0.2, 0.25) is 10.0 Å². The SMILES string of the molecule is Cc1ccc(NCc2cccc(Cl)c2Cl)c(F)c1. The molecule has 0 aromatic heterocycles. The molecule has 0 aliphatic rings. The third-order valence-corrected chi connectivity index (χ3v) is 3.48. The monoisotopic (exact) mass is 283 g/mol. The lowest BCUT2D eigenvalue weighted by Crippen LogP contribution is -2.02. The molecule has 0 amide bonds. The van der Waals surface area contributed by atoms with Gasteiger partial charge in [-0.1, -0.05) is 41.4 Å². The molecule has 0 heterocycles. The van der Waals surface area contributed by atoms with Crippen molar-refractivity contribution in [3.63, 3.8) is 0 Å². The van der Waals surface area contributed by atoms with Crippen molar-refractivity contribution in [3.8, 4) is 0 Å². The van der Waals surface area contributed by atoms with Crippen LogP contribution >= 0.6 is 23.2 Å². The summed E-state index contributed by atoms with van der Waals surface area (Å²) in [6, 6.07) is 10.4. The summed E-state index contributed by atoms with van der Waals surface area (Å²) in [5.74, 6) is -0.270. The number of halogens is 3. The fraction of sp³-hybridized carbons (Fsp3) is 0.143. The Labute approximate surface area is 116 Å². The molecule has 0 saturated heterocycles. The fourth-order valence-corrected chi connectivity index (χ4v) is 2.03. The highest BCUT2D eigenvalue weighted by Crippen LogP contribution is 2.26. The predicted molar refractivity (Wildman–Crippen MR) is 74.9 cm³/mol. The average Bonchev–Trinajstić information content (AvgIpc) is 2.33. The first kappa shape index (κ1) is 13.2. The summed E-state index contributed by atoms with van der Waals surface area (Å²) >= 11 is 12.0. The van der Waals surface area contributed by atoms with Crippen LogP contribution in [0.25, 0.3) is 0 Å². The Hall–Kier alpha value is -1.25. The summed E-state index contributed by atoms with van der Waals surface area (Å²) in [6.45, 7) is 2.28. The number of aryl methyl sites for hydroxylation is 1. The fourth-order valence-electron chi connectivity index (χ4n) is 1.64. The van der Waals surface area contributed by atoms with E-state index in [1.165, 1.54) is 6.07 Å². The molecule has 18 heavy (non-hydrogen) atoms. The zero-order valence-corrected chi connectivity index (χ0v) is 11.3. The van der Waals surface area contributed by atoms with E-state index in [0.717, 1.165) is 11.1 Å². The van der Waals surface area contributed by atoms with E-state index < -0.39 is 0 Å². The minimum absolute atomic E-state index is 0.270. The number of anilines is 1. The van der Waals surface area contributed by atoms with Crippen LogP contribution in [0.5, 0.6) is 0 Å². The van der Waals surface area contributed by atoms with Crippen LogP contribution in [-0.4, -0.2) is 0 Å². The Morgan fingerprint density at radius 3 is 2.67 bits per heavy atom. The number of hydrogen-bond donors (Lipinski definition) is 1. The van der Waals surface area contributed by atoms with Crippen molar-refractivity contribution < 1.29 is 4.39 Å². The van der Waals surface area contributed by atoms with Gasteiger partial charge in [-0.2, -0.15) is 0 Å². The summed E-state index contributed by atoms with van der Waals surface area (Å²) < 4.78 is 13.6. The normalized spacial score (nSPS) is 10.4. The summed E-state index contributed by atoms with van der Waals surface area (Å²) in [4.78, 5) is 0. The van der Waals surface area contributed by atoms with E-state index in [1.807, 2.05) is 25.1 Å². The van der Waals surface area contributed by atoms with Crippen LogP contribution in [0, 0.1) is 12.7 Å². The predicted octanol–water partition coefficient (Wildman–Crippen LogP) is 5.05. The topological polar surface area (TPSA) is 12.0 Å². The van der Waals surface area contributed by atoms with Gasteiger partial charge in [-0.3, -0.25) is 0 Å². The van der Waals surface area contributed by atoms with Crippen LogP contribution in [0.3, 0.4) is 0 Å². The lowest BCUT2D eigenvalue weighted by molar-refractivity contribution is 0.629. The molecule has 4 heteroatoms. The van der Waals surface area contributed by atoms with Gasteiger partial charge in [0.25, 0.3) is 0 Å². The molecular weight excluding hydrogens is 272 g/mol. The van der Waals surface area contributed by atoms with Crippen LogP contribution in [-0.2, 0) is 6.54 Å². The Morgan fingerprint density at radius 2 is 1.94 bits per heavy atom. The summed E-state index contributed by atoms with van der Waals surface area (Å²) in [6.07, 6.45) is 0. The van der Waals surface area contributed by atoms with E-state index in [9.17, 15) is 4.39 Å². The van der Waals surface area contributed by atoms with Gasteiger partial charge >= 0.3 is 0 Å². The number of hydrogen-bond acceptors (Lipinski definition) is 1. The van der Waals surface area contributed by atoms with Gasteiger partial charge in [-0.05, 0) is 36.2 Å². The molecular formula is C14H12Cl2FN. The van der Waals surface area contributed by atoms with Crippen LogP contribution in [0.1, 0.15) is 11.1 Å². The first-order valence-electron chi connectivity index (χ1n) is 5.51. The Bertz CT molecular complexity index is 570. The van der Waals surface area contributed by atoms with Crippen LogP contribution < -0.4 is 5.32 Å². The van der Waals surface area contributed by atoms with Gasteiger partial charge in [-0.25, -0.2) is 4.39 Å². The van der Waals surface area contributed by atoms with Crippen molar-refractivity contribution in [3.05, 3.63) is 63.4 Å². The van der Waals surface area contributed by atoms with Gasteiger partial charge in [0.1, 0.15) is 5.82 Å². The van der Waals surface area contributed by atoms with Crippen molar-refractivity contribution in [2.75, 3.05) is 5.32 Å². The summed E-state index contributed by atoms with van der Waals surface area (Å²) in [5.41, 5.74) is 2.18. The molecule has 94 valence electrons. The first-order valence-corrected chi connectivity index (χ1v) is 6.26. The number of nitrogens with one attached hydrogen (secondary N) is 1. The molecule has 1 N–H and O–H groups in total. The second-order valence-electron chi connectivity index (χ2n) is 4.05. The molecule has 0 unspecified atom stereocenters. The van der Waals surface area contributed by atoms with Gasteiger partial charge in [0, 0.05) is 6.54 Å². The van der Waals surface area contributed by atoms with E-state index in [1.54, 1.807) is 12.1 Å². The highest BCUT2D eigenvalue weighted by atomic mass is 35.5. The molecule has 0 fully saturated rings. The summed E-state index contributed by atoms with van der Waals surface area (Å²) in [7, 11) is 0. The third kappa shape index (κ3) is 2.95. The van der Waals surface area contributed by atoms with Gasteiger partial charge in [0.15, 0.2) is 0 Å². The second-order valence-corrected chi connectivity index (χ2v) is 4.83. The second kappa shape index (κ2) is 5.59. The number of benzene rings is 2. The van der Waals surface area contributed by atoms with E-state index in [2.05, 4.69) is 5.32 Å². The van der Waals surface area contributed by atoms with Gasteiger partial charge in [0.2, 0.25) is 0 Å². The minimum Gasteiger partial charge on any atom is -0.379 e. The zero-order chi connectivity index (χ0) is 13.1.